The first kappa shape index (κ1) is 10.4. The van der Waals surface area contributed by atoms with E-state index >= 15 is 0 Å². The molecule has 66 valence electrons. The molecule has 0 aromatic rings. The first-order valence-corrected chi connectivity index (χ1v) is 4.34. The Hall–Kier alpha value is -0.620. The smallest absolute Gasteiger partial charge is 0.328 e. The van der Waals surface area contributed by atoms with Crippen LogP contribution in [0, 0.1) is 0 Å². The summed E-state index contributed by atoms with van der Waals surface area (Å²) in [6.07, 6.45) is 1.52. The summed E-state index contributed by atoms with van der Waals surface area (Å²) in [5, 5.41) is 0. The molecule has 0 fully saturated rings. The van der Waals surface area contributed by atoms with Crippen LogP contribution >= 0.6 is 0 Å². The van der Waals surface area contributed by atoms with Crippen LogP contribution in [0.5, 0.6) is 0 Å². The van der Waals surface area contributed by atoms with Gasteiger partial charge in [-0.2, -0.15) is 0 Å². The van der Waals surface area contributed by atoms with Gasteiger partial charge in [0.2, 0.25) is 0 Å². The average Bonchev–Trinajstić information content (AvgIpc) is 1.87. The number of urea groups is 1. The third-order valence-corrected chi connectivity index (χ3v) is 1.89. The van der Waals surface area contributed by atoms with Crippen LogP contribution < -0.4 is 5.73 Å². The van der Waals surface area contributed by atoms with Gasteiger partial charge in [-0.3, -0.25) is 4.55 Å². The third kappa shape index (κ3) is 3.94. The molecule has 0 aliphatic heterocycles. The molecule has 0 aliphatic carbocycles. The second kappa shape index (κ2) is 5.09. The summed E-state index contributed by atoms with van der Waals surface area (Å²) in [5.74, 6) is 0. The molecule has 3 N–H and O–H groups in total. The molecule has 0 aliphatic rings. The Morgan fingerprint density at radius 3 is 2.55 bits per heavy atom. The first-order chi connectivity index (χ1) is 5.09. The Kier molecular flexibility index (Phi) is 4.80. The highest BCUT2D eigenvalue weighted by Crippen LogP contribution is 1.96. The van der Waals surface area contributed by atoms with Crippen LogP contribution in [0.2, 0.25) is 0 Å². The quantitative estimate of drug-likeness (QED) is 0.610. The molecular formula is C5H12N2O3S. The molecule has 0 rings (SSSR count). The minimum absolute atomic E-state index is 0.231. The van der Waals surface area contributed by atoms with Gasteiger partial charge in [0.05, 0.1) is 0 Å². The van der Waals surface area contributed by atoms with Crippen molar-refractivity contribution in [2.75, 3.05) is 6.54 Å². The van der Waals surface area contributed by atoms with Crippen molar-refractivity contribution in [2.45, 2.75) is 19.8 Å². The van der Waals surface area contributed by atoms with Gasteiger partial charge in [-0.1, -0.05) is 13.3 Å². The highest BCUT2D eigenvalue weighted by molar-refractivity contribution is 7.77. The molecule has 0 saturated carbocycles. The van der Waals surface area contributed by atoms with Crippen LogP contribution in [-0.2, 0) is 11.3 Å². The van der Waals surface area contributed by atoms with Gasteiger partial charge < -0.3 is 5.73 Å². The van der Waals surface area contributed by atoms with Crippen molar-refractivity contribution >= 4 is 17.3 Å². The van der Waals surface area contributed by atoms with Crippen molar-refractivity contribution in [3.63, 3.8) is 0 Å². The summed E-state index contributed by atoms with van der Waals surface area (Å²) in [4.78, 5) is 10.4. The molecule has 0 aromatic heterocycles. The molecule has 0 bridgehead atoms. The molecule has 1 unspecified atom stereocenters. The van der Waals surface area contributed by atoms with Crippen LogP contribution in [0.25, 0.3) is 0 Å². The molecular weight excluding hydrogens is 168 g/mol. The van der Waals surface area contributed by atoms with E-state index in [0.717, 1.165) is 6.42 Å². The second-order valence-electron chi connectivity index (χ2n) is 2.02. The number of primary amides is 1. The Labute approximate surface area is 68.0 Å². The summed E-state index contributed by atoms with van der Waals surface area (Å²) >= 11 is -2.28. The summed E-state index contributed by atoms with van der Waals surface area (Å²) in [5.41, 5.74) is 4.81. The lowest BCUT2D eigenvalue weighted by Gasteiger charge is -2.13. The van der Waals surface area contributed by atoms with Crippen LogP contribution in [0.4, 0.5) is 4.79 Å². The van der Waals surface area contributed by atoms with Crippen molar-refractivity contribution in [3.8, 4) is 0 Å². The summed E-state index contributed by atoms with van der Waals surface area (Å²) in [6.45, 7) is 2.15. The normalized spacial score (nSPS) is 12.5. The van der Waals surface area contributed by atoms with Gasteiger partial charge in [-0.05, 0) is 6.42 Å². The topological polar surface area (TPSA) is 83.6 Å². The lowest BCUT2D eigenvalue weighted by Crippen LogP contribution is -2.37. The number of hydrogen-bond acceptors (Lipinski definition) is 2. The number of rotatable bonds is 4. The fraction of sp³-hybridized carbons (Fsp3) is 0.800. The summed E-state index contributed by atoms with van der Waals surface area (Å²) in [6, 6.07) is -0.862. The molecule has 5 nitrogen and oxygen atoms in total. The number of nitrogens with two attached hydrogens (primary N) is 1. The maximum atomic E-state index is 10.4. The predicted octanol–water partition coefficient (Wildman–Crippen LogP) is 0.304. The minimum atomic E-state index is -2.28. The Morgan fingerprint density at radius 1 is 1.73 bits per heavy atom. The second-order valence-corrected chi connectivity index (χ2v) is 2.93. The number of unbranched alkanes of at least 4 members (excludes halogenated alkanes) is 1. The van der Waals surface area contributed by atoms with Crippen LogP contribution in [0.1, 0.15) is 19.8 Å². The van der Waals surface area contributed by atoms with Gasteiger partial charge in [0, 0.05) is 6.54 Å². The van der Waals surface area contributed by atoms with Gasteiger partial charge in [0.25, 0.3) is 11.3 Å². The monoisotopic (exact) mass is 180 g/mol. The zero-order valence-corrected chi connectivity index (χ0v) is 7.13. The van der Waals surface area contributed by atoms with E-state index in [1.54, 1.807) is 0 Å². The van der Waals surface area contributed by atoms with Crippen molar-refractivity contribution in [1.82, 2.24) is 4.31 Å². The number of nitrogens with zero attached hydrogens (tertiary/aromatic N) is 1. The van der Waals surface area contributed by atoms with E-state index in [-0.39, 0.29) is 6.54 Å². The molecule has 2 amide bonds. The number of carbonyl (C=O) groups is 1. The fourth-order valence-electron chi connectivity index (χ4n) is 0.567. The van der Waals surface area contributed by atoms with Crippen LogP contribution in [-0.4, -0.2) is 25.6 Å². The van der Waals surface area contributed by atoms with Gasteiger partial charge in [0.1, 0.15) is 0 Å². The Balaban J connectivity index is 3.90. The standard InChI is InChI=1S/C5H12N2O3S/c1-2-3-4-7(5(6)8)11(9)10/h2-4H2,1H3,(H2,6,8)(H,9,10). The van der Waals surface area contributed by atoms with E-state index in [1.165, 1.54) is 0 Å². The molecule has 0 aromatic carbocycles. The van der Waals surface area contributed by atoms with E-state index in [1.807, 2.05) is 6.92 Å². The van der Waals surface area contributed by atoms with Crippen LogP contribution in [0.15, 0.2) is 0 Å². The van der Waals surface area contributed by atoms with E-state index in [2.05, 4.69) is 0 Å². The van der Waals surface area contributed by atoms with Gasteiger partial charge in [0.15, 0.2) is 0 Å². The number of carbonyl (C=O) groups excluding carboxylic acids is 1. The largest absolute Gasteiger partial charge is 0.351 e. The summed E-state index contributed by atoms with van der Waals surface area (Å²) in [7, 11) is 0. The maximum Gasteiger partial charge on any atom is 0.328 e. The van der Waals surface area contributed by atoms with E-state index in [4.69, 9.17) is 10.3 Å². The molecule has 0 heterocycles. The molecule has 0 radical (unpaired) electrons. The third-order valence-electron chi connectivity index (χ3n) is 1.15. The molecule has 1 atom stereocenters. The zero-order valence-electron chi connectivity index (χ0n) is 6.32. The molecule has 0 spiro atoms. The molecule has 6 heteroatoms. The molecule has 11 heavy (non-hydrogen) atoms. The number of hydrogen-bond donors (Lipinski definition) is 2. The zero-order chi connectivity index (χ0) is 8.85. The van der Waals surface area contributed by atoms with Crippen LogP contribution in [0.3, 0.4) is 0 Å². The molecule has 0 saturated heterocycles. The Bertz CT molecular complexity index is 148. The van der Waals surface area contributed by atoms with E-state index in [9.17, 15) is 9.00 Å². The minimum Gasteiger partial charge on any atom is -0.351 e. The fourth-order valence-corrected chi connectivity index (χ4v) is 1.01. The van der Waals surface area contributed by atoms with Crippen molar-refractivity contribution < 1.29 is 13.6 Å². The van der Waals surface area contributed by atoms with Crippen molar-refractivity contribution in [3.05, 3.63) is 0 Å². The SMILES string of the molecule is CCCCN(C(N)=O)S(=O)O. The van der Waals surface area contributed by atoms with Crippen molar-refractivity contribution in [1.29, 1.82) is 0 Å². The number of amides is 2. The Morgan fingerprint density at radius 2 is 2.27 bits per heavy atom. The highest BCUT2D eigenvalue weighted by atomic mass is 32.2. The summed E-state index contributed by atoms with van der Waals surface area (Å²) < 4.78 is 19.6. The van der Waals surface area contributed by atoms with Crippen molar-refractivity contribution in [2.24, 2.45) is 5.73 Å². The highest BCUT2D eigenvalue weighted by Gasteiger charge is 2.13. The van der Waals surface area contributed by atoms with E-state index in [0.29, 0.717) is 10.7 Å². The van der Waals surface area contributed by atoms with Gasteiger partial charge in [-0.15, -0.1) is 0 Å². The predicted molar refractivity (Wildman–Crippen MR) is 42.0 cm³/mol. The lowest BCUT2D eigenvalue weighted by atomic mass is 10.3. The lowest BCUT2D eigenvalue weighted by molar-refractivity contribution is 0.231. The average molecular weight is 180 g/mol. The van der Waals surface area contributed by atoms with Gasteiger partial charge >= 0.3 is 6.03 Å². The first-order valence-electron chi connectivity index (χ1n) is 3.27. The van der Waals surface area contributed by atoms with E-state index < -0.39 is 17.3 Å². The maximum absolute atomic E-state index is 10.4. The van der Waals surface area contributed by atoms with Gasteiger partial charge in [-0.25, -0.2) is 13.3 Å².